The Morgan fingerprint density at radius 2 is 1.35 bits per heavy atom. The van der Waals surface area contributed by atoms with Gasteiger partial charge in [-0.1, -0.05) is 0 Å². The zero-order valence-electron chi connectivity index (χ0n) is 14.8. The molecule has 0 aliphatic heterocycles. The molecule has 2 aliphatic carbocycles. The Labute approximate surface area is 171 Å². The molecular formula is C14H29Cl3N2O6S. The van der Waals surface area contributed by atoms with Gasteiger partial charge in [0.15, 0.2) is 0 Å². The van der Waals surface area contributed by atoms with E-state index in [1.165, 1.54) is 7.11 Å². The summed E-state index contributed by atoms with van der Waals surface area (Å²) in [5.41, 5.74) is 11.1. The first-order valence-electron chi connectivity index (χ1n) is 7.68. The highest BCUT2D eigenvalue weighted by atomic mass is 36.0. The minimum atomic E-state index is -1.67. The van der Waals surface area contributed by atoms with Crippen LogP contribution in [0.2, 0.25) is 0 Å². The van der Waals surface area contributed by atoms with Gasteiger partial charge in [-0.05, 0) is 38.5 Å². The molecule has 0 bridgehead atoms. The van der Waals surface area contributed by atoms with Crippen molar-refractivity contribution in [3.63, 3.8) is 0 Å². The molecule has 26 heavy (non-hydrogen) atoms. The van der Waals surface area contributed by atoms with E-state index in [9.17, 15) is 9.59 Å². The standard InChI is InChI=1S/C7H13NO2.C6H11NO2.CH4O.Cl2OS.ClH/c1-10-7(9)5-2-3-6(8)4-5;7-5-2-1-4(3-5)6(8)9;1-2;1-4(2)3;/h5-6H,2-4,8H2,1H3;4-5H,1-3,7H2,(H,8,9);2H,1H3;;1H/t5-,6+;4-,5+;;;/m11.../s1. The van der Waals surface area contributed by atoms with Crippen molar-refractivity contribution in [2.45, 2.75) is 50.6 Å². The topological polar surface area (TPSA) is 153 Å². The van der Waals surface area contributed by atoms with Gasteiger partial charge in [-0.15, -0.1) is 12.4 Å². The highest BCUT2D eigenvalue weighted by molar-refractivity contribution is 8.26. The number of hydrogen-bond donors (Lipinski definition) is 4. The van der Waals surface area contributed by atoms with Gasteiger partial charge in [0, 0.05) is 40.6 Å². The van der Waals surface area contributed by atoms with Crippen LogP contribution in [-0.4, -0.2) is 52.7 Å². The number of hydrogen-bond acceptors (Lipinski definition) is 7. The van der Waals surface area contributed by atoms with Crippen LogP contribution in [0.3, 0.4) is 0 Å². The molecule has 0 saturated heterocycles. The lowest BCUT2D eigenvalue weighted by Gasteiger charge is -2.04. The first kappa shape index (κ1) is 30.6. The second-order valence-corrected chi connectivity index (χ2v) is 8.11. The summed E-state index contributed by atoms with van der Waals surface area (Å²) < 4.78 is 13.7. The molecule has 2 fully saturated rings. The Morgan fingerprint density at radius 1 is 1.00 bits per heavy atom. The number of aliphatic hydroxyl groups is 1. The van der Waals surface area contributed by atoms with E-state index in [0.29, 0.717) is 6.42 Å². The minimum Gasteiger partial charge on any atom is -0.481 e. The Morgan fingerprint density at radius 3 is 1.54 bits per heavy atom. The van der Waals surface area contributed by atoms with Gasteiger partial charge in [0.25, 0.3) is 0 Å². The molecule has 0 spiro atoms. The van der Waals surface area contributed by atoms with Gasteiger partial charge >= 0.3 is 11.9 Å². The van der Waals surface area contributed by atoms with Crippen molar-refractivity contribution < 1.29 is 28.7 Å². The fourth-order valence-corrected chi connectivity index (χ4v) is 2.64. The molecule has 2 aliphatic rings. The van der Waals surface area contributed by atoms with Crippen LogP contribution in [0.5, 0.6) is 0 Å². The van der Waals surface area contributed by atoms with Gasteiger partial charge in [-0.3, -0.25) is 9.59 Å². The Kier molecular flexibility index (Phi) is 21.4. The Bertz CT molecular complexity index is 416. The molecule has 0 heterocycles. The summed E-state index contributed by atoms with van der Waals surface area (Å²) in [6, 6.07) is 0.343. The van der Waals surface area contributed by atoms with Crippen LogP contribution in [0.1, 0.15) is 38.5 Å². The molecule has 0 radical (unpaired) electrons. The predicted molar refractivity (Wildman–Crippen MR) is 106 cm³/mol. The van der Waals surface area contributed by atoms with E-state index >= 15 is 0 Å². The monoisotopic (exact) mass is 458 g/mol. The van der Waals surface area contributed by atoms with Crippen LogP contribution in [0, 0.1) is 11.8 Å². The molecule has 0 aromatic rings. The van der Waals surface area contributed by atoms with Crippen LogP contribution in [0.15, 0.2) is 0 Å². The number of carboxylic acids is 1. The number of carbonyl (C=O) groups is 2. The summed E-state index contributed by atoms with van der Waals surface area (Å²) in [7, 11) is 9.78. The molecule has 0 aromatic carbocycles. The summed E-state index contributed by atoms with van der Waals surface area (Å²) in [6.07, 6.45) is 4.95. The average molecular weight is 460 g/mol. The Hall–Kier alpha value is -0.160. The second kappa shape index (κ2) is 18.2. The number of aliphatic hydroxyl groups excluding tert-OH is 1. The third-order valence-corrected chi connectivity index (χ3v) is 3.83. The zero-order chi connectivity index (χ0) is 20.0. The van der Waals surface area contributed by atoms with Crippen molar-refractivity contribution in [1.29, 1.82) is 0 Å². The lowest BCUT2D eigenvalue weighted by Crippen LogP contribution is -2.18. The predicted octanol–water partition coefficient (Wildman–Crippen LogP) is 1.56. The number of rotatable bonds is 2. The fourth-order valence-electron chi connectivity index (χ4n) is 2.64. The summed E-state index contributed by atoms with van der Waals surface area (Å²) in [4.78, 5) is 21.2. The highest BCUT2D eigenvalue weighted by Gasteiger charge is 2.28. The molecule has 4 atom stereocenters. The molecule has 6 N–H and O–H groups in total. The van der Waals surface area contributed by atoms with Crippen LogP contribution >= 0.6 is 33.8 Å². The van der Waals surface area contributed by atoms with Crippen LogP contribution in [0.4, 0.5) is 0 Å². The van der Waals surface area contributed by atoms with E-state index in [2.05, 4.69) is 26.1 Å². The summed E-state index contributed by atoms with van der Waals surface area (Å²) in [5.74, 6) is -0.893. The maximum absolute atomic E-state index is 10.9. The van der Waals surface area contributed by atoms with Crippen LogP contribution < -0.4 is 11.5 Å². The number of carbonyl (C=O) groups excluding carboxylic acids is 1. The molecule has 8 nitrogen and oxygen atoms in total. The van der Waals surface area contributed by atoms with Gasteiger partial charge in [0.05, 0.1) is 18.9 Å². The quantitative estimate of drug-likeness (QED) is 0.358. The highest BCUT2D eigenvalue weighted by Crippen LogP contribution is 2.25. The van der Waals surface area contributed by atoms with Crippen LogP contribution in [-0.2, 0) is 23.6 Å². The molecule has 2 saturated carbocycles. The lowest BCUT2D eigenvalue weighted by atomic mass is 10.1. The average Bonchev–Trinajstić information content (AvgIpc) is 3.17. The smallest absolute Gasteiger partial charge is 0.308 e. The molecule has 2 rings (SSSR count). The molecule has 0 aromatic heterocycles. The number of nitrogens with two attached hydrogens (primary N) is 2. The van der Waals surface area contributed by atoms with Gasteiger partial charge in [-0.25, -0.2) is 4.21 Å². The first-order chi connectivity index (χ1) is 11.7. The number of ether oxygens (including phenoxy) is 1. The Balaban J connectivity index is -0.000000306. The lowest BCUT2D eigenvalue weighted by molar-refractivity contribution is -0.145. The largest absolute Gasteiger partial charge is 0.481 e. The van der Waals surface area contributed by atoms with Gasteiger partial charge in [-0.2, -0.15) is 0 Å². The number of methoxy groups -OCH3 is 1. The molecule has 0 amide bonds. The third kappa shape index (κ3) is 16.0. The van der Waals surface area contributed by atoms with Gasteiger partial charge < -0.3 is 26.4 Å². The maximum atomic E-state index is 10.9. The molecule has 0 unspecified atom stereocenters. The number of aliphatic carboxylic acids is 1. The second-order valence-electron chi connectivity index (χ2n) is 5.59. The molecule has 158 valence electrons. The third-order valence-electron chi connectivity index (χ3n) is 3.83. The van der Waals surface area contributed by atoms with Crippen molar-refractivity contribution in [1.82, 2.24) is 0 Å². The zero-order valence-corrected chi connectivity index (χ0v) is 18.0. The number of halogens is 3. The maximum Gasteiger partial charge on any atom is 0.308 e. The van der Waals surface area contributed by atoms with Gasteiger partial charge in [0.2, 0.25) is 9.23 Å². The summed E-state index contributed by atoms with van der Waals surface area (Å²) in [5, 5.41) is 15.5. The SMILES string of the molecule is CO.COC(=O)[C@@H]1CC[C@H](N)C1.Cl.N[C@H]1CC[C@@H](C(=O)O)C1.O=S(Cl)Cl. The first-order valence-corrected chi connectivity index (χ1v) is 10.5. The van der Waals surface area contributed by atoms with E-state index in [-0.39, 0.29) is 42.3 Å². The van der Waals surface area contributed by atoms with Crippen LogP contribution in [0.25, 0.3) is 0 Å². The van der Waals surface area contributed by atoms with E-state index in [1.807, 2.05) is 0 Å². The van der Waals surface area contributed by atoms with Crippen molar-refractivity contribution in [2.75, 3.05) is 14.2 Å². The fraction of sp³-hybridized carbons (Fsp3) is 0.857. The van der Waals surface area contributed by atoms with E-state index in [4.69, 9.17) is 25.9 Å². The normalized spacial score (nSPS) is 26.0. The number of carboxylic acid groups (broad SMARTS) is 1. The van der Waals surface area contributed by atoms with E-state index < -0.39 is 15.2 Å². The van der Waals surface area contributed by atoms with Crippen molar-refractivity contribution in [2.24, 2.45) is 23.3 Å². The van der Waals surface area contributed by atoms with E-state index in [0.717, 1.165) is 39.2 Å². The van der Waals surface area contributed by atoms with Crippen molar-refractivity contribution >= 4 is 54.9 Å². The van der Waals surface area contributed by atoms with Crippen molar-refractivity contribution in [3.8, 4) is 0 Å². The van der Waals surface area contributed by atoms with Crippen molar-refractivity contribution in [3.05, 3.63) is 0 Å². The van der Waals surface area contributed by atoms with E-state index in [1.54, 1.807) is 0 Å². The van der Waals surface area contributed by atoms with Gasteiger partial charge in [0.1, 0.15) is 0 Å². The number of esters is 1. The summed E-state index contributed by atoms with van der Waals surface area (Å²) >= 11 is 0. The molecule has 12 heteroatoms. The minimum absolute atomic E-state index is 0. The molecular weight excluding hydrogens is 431 g/mol. The summed E-state index contributed by atoms with van der Waals surface area (Å²) in [6.45, 7) is 0.